The lowest BCUT2D eigenvalue weighted by atomic mass is 10.1. The Hall–Kier alpha value is -1.73. The maximum atomic E-state index is 14.0. The number of H-pyrrole nitrogens is 1. The van der Waals surface area contributed by atoms with E-state index in [4.69, 9.17) is 0 Å². The summed E-state index contributed by atoms with van der Waals surface area (Å²) in [5, 5.41) is 10.1. The molecule has 0 unspecified atom stereocenters. The Kier molecular flexibility index (Phi) is 4.43. The molecule has 0 radical (unpaired) electrons. The molecule has 7 heteroatoms. The third-order valence-electron chi connectivity index (χ3n) is 3.04. The molecule has 0 saturated carbocycles. The van der Waals surface area contributed by atoms with Gasteiger partial charge in [-0.25, -0.2) is 12.8 Å². The van der Waals surface area contributed by atoms with Gasteiger partial charge in [-0.15, -0.1) is 0 Å². The van der Waals surface area contributed by atoms with Gasteiger partial charge in [-0.3, -0.25) is 5.10 Å². The molecule has 5 nitrogen and oxygen atoms in total. The van der Waals surface area contributed by atoms with E-state index in [9.17, 15) is 12.8 Å². The summed E-state index contributed by atoms with van der Waals surface area (Å²) in [5.74, 6) is -0.757. The van der Waals surface area contributed by atoms with Gasteiger partial charge in [-0.1, -0.05) is 19.9 Å². The lowest BCUT2D eigenvalue weighted by Gasteiger charge is -2.09. The quantitative estimate of drug-likeness (QED) is 0.887. The standard InChI is InChI=1S/C14H18FN3O2S/c1-9(2)16-7-11-8-17-18-14(11)10-4-5-13(12(15)6-10)21(3,19)20/h4-6,8-9,16H,7H2,1-3H3,(H,17,18). The van der Waals surface area contributed by atoms with Gasteiger partial charge >= 0.3 is 0 Å². The first-order chi connectivity index (χ1) is 9.79. The molecular weight excluding hydrogens is 293 g/mol. The van der Waals surface area contributed by atoms with Crippen molar-refractivity contribution in [2.75, 3.05) is 6.26 Å². The normalized spacial score (nSPS) is 12.0. The van der Waals surface area contributed by atoms with Crippen molar-refractivity contribution in [3.05, 3.63) is 35.8 Å². The van der Waals surface area contributed by atoms with Crippen molar-refractivity contribution in [3.63, 3.8) is 0 Å². The van der Waals surface area contributed by atoms with Gasteiger partial charge in [0.2, 0.25) is 0 Å². The Morgan fingerprint density at radius 2 is 2.10 bits per heavy atom. The molecule has 1 heterocycles. The second-order valence-electron chi connectivity index (χ2n) is 5.22. The molecule has 2 rings (SSSR count). The van der Waals surface area contributed by atoms with E-state index in [0.717, 1.165) is 11.8 Å². The predicted molar refractivity (Wildman–Crippen MR) is 79.1 cm³/mol. The monoisotopic (exact) mass is 311 g/mol. The highest BCUT2D eigenvalue weighted by molar-refractivity contribution is 7.90. The van der Waals surface area contributed by atoms with Crippen molar-refractivity contribution in [2.24, 2.45) is 0 Å². The second-order valence-corrected chi connectivity index (χ2v) is 7.21. The number of nitrogens with one attached hydrogen (secondary N) is 2. The minimum absolute atomic E-state index is 0.298. The van der Waals surface area contributed by atoms with Crippen LogP contribution in [0, 0.1) is 5.82 Å². The smallest absolute Gasteiger partial charge is 0.178 e. The Morgan fingerprint density at radius 3 is 2.67 bits per heavy atom. The van der Waals surface area contributed by atoms with Gasteiger partial charge in [-0.2, -0.15) is 5.10 Å². The number of rotatable bonds is 5. The molecule has 2 aromatic rings. The van der Waals surface area contributed by atoms with Crippen molar-refractivity contribution >= 4 is 9.84 Å². The van der Waals surface area contributed by atoms with E-state index >= 15 is 0 Å². The van der Waals surface area contributed by atoms with E-state index in [0.29, 0.717) is 23.8 Å². The van der Waals surface area contributed by atoms with Crippen LogP contribution in [0.4, 0.5) is 4.39 Å². The molecule has 1 aromatic heterocycles. The molecule has 0 aliphatic rings. The molecule has 0 aliphatic heterocycles. The minimum Gasteiger partial charge on any atom is -0.310 e. The van der Waals surface area contributed by atoms with Crippen LogP contribution in [0.3, 0.4) is 0 Å². The molecule has 21 heavy (non-hydrogen) atoms. The van der Waals surface area contributed by atoms with Crippen LogP contribution in [0.2, 0.25) is 0 Å². The van der Waals surface area contributed by atoms with Crippen LogP contribution in [-0.2, 0) is 16.4 Å². The lowest BCUT2D eigenvalue weighted by Crippen LogP contribution is -2.21. The number of sulfone groups is 1. The van der Waals surface area contributed by atoms with Crippen molar-refractivity contribution < 1.29 is 12.8 Å². The van der Waals surface area contributed by atoms with Crippen LogP contribution >= 0.6 is 0 Å². The fourth-order valence-corrected chi connectivity index (χ4v) is 2.69. The number of benzene rings is 1. The van der Waals surface area contributed by atoms with E-state index in [2.05, 4.69) is 15.5 Å². The number of aromatic amines is 1. The fraction of sp³-hybridized carbons (Fsp3) is 0.357. The van der Waals surface area contributed by atoms with Gasteiger partial charge < -0.3 is 5.32 Å². The summed E-state index contributed by atoms with van der Waals surface area (Å²) in [4.78, 5) is -0.298. The second kappa shape index (κ2) is 5.95. The summed E-state index contributed by atoms with van der Waals surface area (Å²) >= 11 is 0. The summed E-state index contributed by atoms with van der Waals surface area (Å²) in [5.41, 5.74) is 2.15. The molecule has 1 aromatic carbocycles. The van der Waals surface area contributed by atoms with Crippen LogP contribution in [-0.4, -0.2) is 30.9 Å². The molecule has 0 fully saturated rings. The highest BCUT2D eigenvalue weighted by Gasteiger charge is 2.16. The number of aromatic nitrogens is 2. The topological polar surface area (TPSA) is 74.8 Å². The summed E-state index contributed by atoms with van der Waals surface area (Å²) in [7, 11) is -3.56. The third-order valence-corrected chi connectivity index (χ3v) is 4.17. The van der Waals surface area contributed by atoms with Crippen molar-refractivity contribution in [1.82, 2.24) is 15.5 Å². The largest absolute Gasteiger partial charge is 0.310 e. The van der Waals surface area contributed by atoms with Crippen LogP contribution < -0.4 is 5.32 Å². The number of hydrogen-bond acceptors (Lipinski definition) is 4. The Labute approximate surface area is 123 Å². The highest BCUT2D eigenvalue weighted by atomic mass is 32.2. The molecule has 0 saturated heterocycles. The van der Waals surface area contributed by atoms with Gasteiger partial charge in [0.15, 0.2) is 9.84 Å². The lowest BCUT2D eigenvalue weighted by molar-refractivity contribution is 0.571. The minimum atomic E-state index is -3.56. The molecule has 0 bridgehead atoms. The summed E-state index contributed by atoms with van der Waals surface area (Å²) in [6.07, 6.45) is 2.66. The van der Waals surface area contributed by atoms with Gasteiger partial charge in [0, 0.05) is 30.0 Å². The predicted octanol–water partition coefficient (Wildman–Crippen LogP) is 2.12. The van der Waals surface area contributed by atoms with Crippen molar-refractivity contribution in [2.45, 2.75) is 31.3 Å². The van der Waals surface area contributed by atoms with Crippen molar-refractivity contribution in [3.8, 4) is 11.3 Å². The number of nitrogens with zero attached hydrogens (tertiary/aromatic N) is 1. The number of hydrogen-bond donors (Lipinski definition) is 2. The summed E-state index contributed by atoms with van der Waals surface area (Å²) in [6.45, 7) is 4.65. The van der Waals surface area contributed by atoms with Gasteiger partial charge in [-0.05, 0) is 12.1 Å². The first kappa shape index (κ1) is 15.7. The van der Waals surface area contributed by atoms with E-state index < -0.39 is 15.7 Å². The fourth-order valence-electron chi connectivity index (χ4n) is 1.97. The Morgan fingerprint density at radius 1 is 1.38 bits per heavy atom. The molecule has 2 N–H and O–H groups in total. The highest BCUT2D eigenvalue weighted by Crippen LogP contribution is 2.25. The third kappa shape index (κ3) is 3.68. The van der Waals surface area contributed by atoms with Crippen LogP contribution in [0.25, 0.3) is 11.3 Å². The Bertz CT molecular complexity index is 738. The first-order valence-electron chi connectivity index (χ1n) is 6.54. The van der Waals surface area contributed by atoms with Crippen LogP contribution in [0.5, 0.6) is 0 Å². The zero-order chi connectivity index (χ0) is 15.6. The van der Waals surface area contributed by atoms with Gasteiger partial charge in [0.25, 0.3) is 0 Å². The molecule has 0 atom stereocenters. The van der Waals surface area contributed by atoms with Crippen LogP contribution in [0.1, 0.15) is 19.4 Å². The van der Waals surface area contributed by atoms with Gasteiger partial charge in [0.05, 0.1) is 11.9 Å². The average molecular weight is 311 g/mol. The maximum absolute atomic E-state index is 14.0. The number of halogens is 1. The maximum Gasteiger partial charge on any atom is 0.178 e. The molecule has 114 valence electrons. The van der Waals surface area contributed by atoms with E-state index in [1.807, 2.05) is 13.8 Å². The molecular formula is C14H18FN3O2S. The zero-order valence-corrected chi connectivity index (χ0v) is 13.0. The molecule has 0 aliphatic carbocycles. The first-order valence-corrected chi connectivity index (χ1v) is 8.44. The SMILES string of the molecule is CC(C)NCc1cn[nH]c1-c1ccc(S(C)(=O)=O)c(F)c1. The Balaban J connectivity index is 2.36. The summed E-state index contributed by atoms with van der Waals surface area (Å²) < 4.78 is 36.8. The van der Waals surface area contributed by atoms with Gasteiger partial charge in [0.1, 0.15) is 10.7 Å². The molecule has 0 spiro atoms. The van der Waals surface area contributed by atoms with E-state index in [-0.39, 0.29) is 4.90 Å². The average Bonchev–Trinajstić information content (AvgIpc) is 2.82. The van der Waals surface area contributed by atoms with E-state index in [1.165, 1.54) is 12.1 Å². The van der Waals surface area contributed by atoms with Crippen LogP contribution in [0.15, 0.2) is 29.3 Å². The zero-order valence-electron chi connectivity index (χ0n) is 12.1. The van der Waals surface area contributed by atoms with E-state index in [1.54, 1.807) is 12.3 Å². The molecule has 0 amide bonds. The van der Waals surface area contributed by atoms with Crippen molar-refractivity contribution in [1.29, 1.82) is 0 Å². The summed E-state index contributed by atoms with van der Waals surface area (Å²) in [6, 6.07) is 4.38.